The first-order valence-corrected chi connectivity index (χ1v) is 5.03. The molecule has 0 aliphatic carbocycles. The van der Waals surface area contributed by atoms with Crippen LogP contribution in [0.5, 0.6) is 0 Å². The van der Waals surface area contributed by atoms with Gasteiger partial charge in [0.05, 0.1) is 12.2 Å². The summed E-state index contributed by atoms with van der Waals surface area (Å²) in [5.74, 6) is -0.938. The van der Waals surface area contributed by atoms with Crippen LogP contribution in [0.25, 0.3) is 0 Å². The molecule has 1 rings (SSSR count). The van der Waals surface area contributed by atoms with E-state index in [4.69, 9.17) is 21.3 Å². The largest absolute Gasteiger partial charge is 0.478 e. The molecule has 0 saturated heterocycles. The summed E-state index contributed by atoms with van der Waals surface area (Å²) < 4.78 is 5.32. The molecule has 0 aromatic heterocycles. The number of carbonyl (C=O) groups is 1. The highest BCUT2D eigenvalue weighted by Crippen LogP contribution is 2.06. The normalized spacial score (nSPS) is 12.4. The molecule has 0 saturated carbocycles. The Hall–Kier alpha value is -1.43. The molecule has 5 nitrogen and oxygen atoms in total. The van der Waals surface area contributed by atoms with E-state index >= 15 is 0 Å². The van der Waals surface area contributed by atoms with Crippen molar-refractivity contribution in [2.45, 2.75) is 19.3 Å². The monoisotopic (exact) mass is 224 g/mol. The predicted molar refractivity (Wildman–Crippen MR) is 59.8 cm³/mol. The molecule has 5 N–H and O–H groups in total. The molecule has 0 heterocycles. The van der Waals surface area contributed by atoms with Crippen molar-refractivity contribution in [1.29, 1.82) is 0 Å². The van der Waals surface area contributed by atoms with Crippen molar-refractivity contribution in [2.75, 3.05) is 6.54 Å². The molecule has 16 heavy (non-hydrogen) atoms. The van der Waals surface area contributed by atoms with Crippen LogP contribution in [-0.4, -0.2) is 23.8 Å². The van der Waals surface area contributed by atoms with Crippen LogP contribution in [0.1, 0.15) is 22.3 Å². The van der Waals surface area contributed by atoms with Crippen molar-refractivity contribution in [1.82, 2.24) is 0 Å². The van der Waals surface area contributed by atoms with E-state index in [1.165, 1.54) is 12.1 Å². The van der Waals surface area contributed by atoms with E-state index in [0.717, 1.165) is 5.56 Å². The van der Waals surface area contributed by atoms with Gasteiger partial charge in [-0.25, -0.2) is 4.79 Å². The van der Waals surface area contributed by atoms with Gasteiger partial charge in [0, 0.05) is 0 Å². The van der Waals surface area contributed by atoms with Crippen molar-refractivity contribution in [2.24, 2.45) is 11.5 Å². The minimum absolute atomic E-state index is 0.259. The second-order valence-corrected chi connectivity index (χ2v) is 3.43. The molecule has 1 unspecified atom stereocenters. The quantitative estimate of drug-likeness (QED) is 0.612. The van der Waals surface area contributed by atoms with Gasteiger partial charge in [-0.2, -0.15) is 0 Å². The number of nitrogens with two attached hydrogens (primary N) is 2. The van der Waals surface area contributed by atoms with Crippen LogP contribution in [-0.2, 0) is 11.3 Å². The van der Waals surface area contributed by atoms with E-state index in [9.17, 15) is 4.79 Å². The zero-order valence-corrected chi connectivity index (χ0v) is 8.93. The molecule has 88 valence electrons. The lowest BCUT2D eigenvalue weighted by molar-refractivity contribution is 0.0410. The third-order valence-corrected chi connectivity index (χ3v) is 2.12. The van der Waals surface area contributed by atoms with E-state index in [1.807, 2.05) is 0 Å². The Balaban J connectivity index is 2.46. The molecule has 0 fully saturated rings. The first kappa shape index (κ1) is 12.6. The van der Waals surface area contributed by atoms with Gasteiger partial charge in [-0.05, 0) is 30.7 Å². The maximum absolute atomic E-state index is 10.6. The molecule has 0 spiro atoms. The number of hydrogen-bond acceptors (Lipinski definition) is 4. The average molecular weight is 224 g/mol. The van der Waals surface area contributed by atoms with Crippen LogP contribution in [0.4, 0.5) is 0 Å². The predicted octanol–water partition coefficient (Wildman–Crippen LogP) is 0.535. The van der Waals surface area contributed by atoms with Crippen LogP contribution >= 0.6 is 0 Å². The summed E-state index contributed by atoms with van der Waals surface area (Å²) >= 11 is 0. The van der Waals surface area contributed by atoms with Crippen LogP contribution in [0, 0.1) is 0 Å². The summed E-state index contributed by atoms with van der Waals surface area (Å²) in [6.45, 7) is 0.847. The molecule has 5 heteroatoms. The number of hydrogen-bond donors (Lipinski definition) is 3. The van der Waals surface area contributed by atoms with E-state index in [1.54, 1.807) is 12.1 Å². The van der Waals surface area contributed by atoms with Crippen molar-refractivity contribution < 1.29 is 14.6 Å². The smallest absolute Gasteiger partial charge is 0.335 e. The third kappa shape index (κ3) is 3.98. The fourth-order valence-corrected chi connectivity index (χ4v) is 1.19. The number of carboxylic acids is 1. The molecular formula is C11H16N2O3. The maximum atomic E-state index is 10.6. The van der Waals surface area contributed by atoms with Crippen molar-refractivity contribution in [3.8, 4) is 0 Å². The summed E-state index contributed by atoms with van der Waals surface area (Å²) in [4.78, 5) is 10.6. The van der Waals surface area contributed by atoms with Gasteiger partial charge in [-0.1, -0.05) is 12.1 Å². The summed E-state index contributed by atoms with van der Waals surface area (Å²) in [6.07, 6.45) is 0.233. The van der Waals surface area contributed by atoms with E-state index in [-0.39, 0.29) is 11.8 Å². The minimum Gasteiger partial charge on any atom is -0.478 e. The van der Waals surface area contributed by atoms with Crippen molar-refractivity contribution in [3.63, 3.8) is 0 Å². The van der Waals surface area contributed by atoms with Crippen LogP contribution in [0.15, 0.2) is 24.3 Å². The molecule has 1 aromatic rings. The number of benzene rings is 1. The Morgan fingerprint density at radius 3 is 2.50 bits per heavy atom. The number of rotatable bonds is 6. The van der Waals surface area contributed by atoms with Crippen LogP contribution in [0.3, 0.4) is 0 Å². The number of ether oxygens (including phenoxy) is 1. The Morgan fingerprint density at radius 2 is 2.00 bits per heavy atom. The standard InChI is InChI=1S/C11H16N2O3/c12-6-5-10(13)16-7-8-1-3-9(4-2-8)11(14)15/h1-4,10H,5-7,12-13H2,(H,14,15). The van der Waals surface area contributed by atoms with Gasteiger partial charge in [0.25, 0.3) is 0 Å². The van der Waals surface area contributed by atoms with Crippen LogP contribution in [0.2, 0.25) is 0 Å². The lowest BCUT2D eigenvalue weighted by Crippen LogP contribution is -2.26. The highest BCUT2D eigenvalue weighted by atomic mass is 16.5. The first-order chi connectivity index (χ1) is 7.63. The zero-order valence-electron chi connectivity index (χ0n) is 8.93. The Labute approximate surface area is 94.0 Å². The SMILES string of the molecule is NCCC(N)OCc1ccc(C(=O)O)cc1. The van der Waals surface area contributed by atoms with E-state index in [2.05, 4.69) is 0 Å². The maximum Gasteiger partial charge on any atom is 0.335 e. The molecular weight excluding hydrogens is 208 g/mol. The van der Waals surface area contributed by atoms with E-state index in [0.29, 0.717) is 19.6 Å². The van der Waals surface area contributed by atoms with Gasteiger partial charge >= 0.3 is 5.97 Å². The van der Waals surface area contributed by atoms with E-state index < -0.39 is 5.97 Å². The molecule has 0 amide bonds. The van der Waals surface area contributed by atoms with Gasteiger partial charge in [-0.15, -0.1) is 0 Å². The fourth-order valence-electron chi connectivity index (χ4n) is 1.19. The molecule has 0 radical (unpaired) electrons. The highest BCUT2D eigenvalue weighted by Gasteiger charge is 2.04. The summed E-state index contributed by atoms with van der Waals surface area (Å²) in [6, 6.07) is 6.49. The lowest BCUT2D eigenvalue weighted by Gasteiger charge is -2.11. The molecule has 0 aliphatic rings. The van der Waals surface area contributed by atoms with Gasteiger partial charge in [0.2, 0.25) is 0 Å². The minimum atomic E-state index is -0.938. The Bertz CT molecular complexity index is 338. The van der Waals surface area contributed by atoms with Gasteiger partial charge < -0.3 is 21.3 Å². The van der Waals surface area contributed by atoms with Crippen molar-refractivity contribution in [3.05, 3.63) is 35.4 Å². The topological polar surface area (TPSA) is 98.6 Å². The summed E-state index contributed by atoms with van der Waals surface area (Å²) in [5.41, 5.74) is 12.1. The molecule has 0 bridgehead atoms. The lowest BCUT2D eigenvalue weighted by atomic mass is 10.1. The highest BCUT2D eigenvalue weighted by molar-refractivity contribution is 5.87. The Morgan fingerprint density at radius 1 is 1.38 bits per heavy atom. The first-order valence-electron chi connectivity index (χ1n) is 5.03. The fraction of sp³-hybridized carbons (Fsp3) is 0.364. The molecule has 1 atom stereocenters. The summed E-state index contributed by atoms with van der Waals surface area (Å²) in [7, 11) is 0. The zero-order chi connectivity index (χ0) is 12.0. The van der Waals surface area contributed by atoms with Gasteiger partial charge in [0.15, 0.2) is 0 Å². The summed E-state index contributed by atoms with van der Waals surface area (Å²) in [5, 5.41) is 8.70. The number of carboxylic acid groups (broad SMARTS) is 1. The van der Waals surface area contributed by atoms with Crippen LogP contribution < -0.4 is 11.5 Å². The second kappa shape index (κ2) is 6.22. The van der Waals surface area contributed by atoms with Gasteiger partial charge in [0.1, 0.15) is 6.23 Å². The number of aromatic carboxylic acids is 1. The second-order valence-electron chi connectivity index (χ2n) is 3.43. The average Bonchev–Trinajstić information content (AvgIpc) is 2.27. The van der Waals surface area contributed by atoms with Gasteiger partial charge in [-0.3, -0.25) is 0 Å². The van der Waals surface area contributed by atoms with Crippen molar-refractivity contribution >= 4 is 5.97 Å². The molecule has 0 aliphatic heterocycles. The third-order valence-electron chi connectivity index (χ3n) is 2.12. The molecule has 1 aromatic carbocycles. The Kier molecular flexibility index (Phi) is 4.91.